The van der Waals surface area contributed by atoms with Crippen molar-refractivity contribution in [3.05, 3.63) is 24.3 Å². The van der Waals surface area contributed by atoms with Crippen LogP contribution in [0.3, 0.4) is 0 Å². The summed E-state index contributed by atoms with van der Waals surface area (Å²) in [6, 6.07) is 5.99. The van der Waals surface area contributed by atoms with Gasteiger partial charge in [0, 0.05) is 0 Å². The summed E-state index contributed by atoms with van der Waals surface area (Å²) in [6.07, 6.45) is -17.0. The van der Waals surface area contributed by atoms with E-state index in [0.29, 0.717) is 5.75 Å². The summed E-state index contributed by atoms with van der Waals surface area (Å²) < 4.78 is 63.5. The molecule has 0 aromatic heterocycles. The first-order chi connectivity index (χ1) is 16.4. The Hall–Kier alpha value is -0.670. The van der Waals surface area contributed by atoms with E-state index in [-0.39, 0.29) is 35.3 Å². The maximum atomic E-state index is 10.9. The SMILES string of the molecule is COc1ccc(O[C@@H]2O[C@H](COS(=O)(=O)[O-])[C@H](O)[C@H](O[C@@H]3O[C@H](CO)[C@H](O)[C@H](O)[C@H]3O)[C@H]2O)cc1.[Na+]. The molecule has 6 N–H and O–H groups in total. The standard InChI is InChI=1S/C19H28O15S.Na/c1-29-8-2-4-9(5-3-8)31-19-16(25)17(13(22)11(33-19)7-30-35(26,27)28)34-18-15(24)14(23)12(21)10(6-20)32-18;/h2-5,10-25H,6-7H2,1H3,(H,26,27,28);/q;+1/p-1/t10-,11-,12+,13+,14+,15-,16-,17+,18+,19-;/m1./s1. The van der Waals surface area contributed by atoms with Gasteiger partial charge in [0.1, 0.15) is 60.3 Å². The molecule has 0 spiro atoms. The molecule has 2 fully saturated rings. The molecule has 2 heterocycles. The van der Waals surface area contributed by atoms with Gasteiger partial charge in [0.05, 0.1) is 20.3 Å². The molecule has 0 amide bonds. The van der Waals surface area contributed by atoms with E-state index >= 15 is 0 Å². The Morgan fingerprint density at radius 3 is 2.00 bits per heavy atom. The van der Waals surface area contributed by atoms with Crippen LogP contribution in [0.4, 0.5) is 0 Å². The Morgan fingerprint density at radius 2 is 1.44 bits per heavy atom. The summed E-state index contributed by atoms with van der Waals surface area (Å²) in [5, 5.41) is 60.9. The molecule has 36 heavy (non-hydrogen) atoms. The van der Waals surface area contributed by atoms with Gasteiger partial charge < -0.3 is 58.9 Å². The molecule has 1 aromatic carbocycles. The van der Waals surface area contributed by atoms with Crippen LogP contribution in [0.2, 0.25) is 0 Å². The normalized spacial score (nSPS) is 37.1. The summed E-state index contributed by atoms with van der Waals surface area (Å²) in [5.74, 6) is 0.655. The summed E-state index contributed by atoms with van der Waals surface area (Å²) in [7, 11) is -3.73. The molecule has 3 rings (SSSR count). The summed E-state index contributed by atoms with van der Waals surface area (Å²) in [5.41, 5.74) is 0. The third-order valence-corrected chi connectivity index (χ3v) is 5.89. The van der Waals surface area contributed by atoms with Gasteiger partial charge in [-0.1, -0.05) is 0 Å². The summed E-state index contributed by atoms with van der Waals surface area (Å²) >= 11 is 0. The first kappa shape index (κ1) is 31.5. The molecule has 10 atom stereocenters. The molecule has 2 saturated heterocycles. The van der Waals surface area contributed by atoms with Gasteiger partial charge in [0.25, 0.3) is 0 Å². The summed E-state index contributed by atoms with van der Waals surface area (Å²) in [6.45, 7) is -1.73. The fourth-order valence-corrected chi connectivity index (χ4v) is 3.87. The topological polar surface area (TPSA) is 234 Å². The Kier molecular flexibility index (Phi) is 11.8. The van der Waals surface area contributed by atoms with Crippen molar-refractivity contribution in [3.8, 4) is 11.5 Å². The zero-order valence-corrected chi connectivity index (χ0v) is 22.1. The molecular weight excluding hydrogens is 523 g/mol. The summed E-state index contributed by atoms with van der Waals surface area (Å²) in [4.78, 5) is 0. The third-order valence-electron chi connectivity index (χ3n) is 5.47. The Labute approximate surface area is 228 Å². The molecule has 0 unspecified atom stereocenters. The Balaban J connectivity index is 0.00000456. The smallest absolute Gasteiger partial charge is 0.726 e. The van der Waals surface area contributed by atoms with Gasteiger partial charge in [-0.3, -0.25) is 4.18 Å². The second-order valence-corrected chi connectivity index (χ2v) is 8.86. The molecule has 0 aliphatic carbocycles. The molecular formula is C19H27NaO15S. The van der Waals surface area contributed by atoms with Crippen LogP contribution in [0.5, 0.6) is 11.5 Å². The minimum Gasteiger partial charge on any atom is -0.726 e. The fourth-order valence-electron chi connectivity index (χ4n) is 3.57. The van der Waals surface area contributed by atoms with Crippen molar-refractivity contribution in [2.45, 2.75) is 61.4 Å². The van der Waals surface area contributed by atoms with Crippen molar-refractivity contribution in [1.29, 1.82) is 0 Å². The number of hydrogen-bond donors (Lipinski definition) is 6. The molecule has 0 bridgehead atoms. The maximum Gasteiger partial charge on any atom is 1.00 e. The second-order valence-electron chi connectivity index (χ2n) is 7.81. The number of benzene rings is 1. The van der Waals surface area contributed by atoms with Crippen LogP contribution in [0.25, 0.3) is 0 Å². The molecule has 2 aliphatic rings. The van der Waals surface area contributed by atoms with Gasteiger partial charge in [-0.2, -0.15) is 0 Å². The van der Waals surface area contributed by atoms with Crippen LogP contribution < -0.4 is 39.0 Å². The third kappa shape index (κ3) is 7.68. The van der Waals surface area contributed by atoms with Crippen molar-refractivity contribution in [3.63, 3.8) is 0 Å². The van der Waals surface area contributed by atoms with Crippen LogP contribution in [0, 0.1) is 0 Å². The van der Waals surface area contributed by atoms with Crippen molar-refractivity contribution in [1.82, 2.24) is 0 Å². The van der Waals surface area contributed by atoms with Gasteiger partial charge in [0.2, 0.25) is 16.7 Å². The molecule has 0 saturated carbocycles. The van der Waals surface area contributed by atoms with Crippen LogP contribution in [0.1, 0.15) is 0 Å². The van der Waals surface area contributed by atoms with Crippen LogP contribution in [0.15, 0.2) is 24.3 Å². The van der Waals surface area contributed by atoms with E-state index < -0.39 is 85.0 Å². The molecule has 15 nitrogen and oxygen atoms in total. The molecule has 1 aromatic rings. The minimum atomic E-state index is -5.17. The van der Waals surface area contributed by atoms with E-state index in [0.717, 1.165) is 0 Å². The average Bonchev–Trinajstić information content (AvgIpc) is 2.82. The van der Waals surface area contributed by atoms with Crippen molar-refractivity contribution < 1.29 is 101 Å². The predicted octanol–water partition coefficient (Wildman–Crippen LogP) is -6.81. The number of aliphatic hydroxyl groups excluding tert-OH is 6. The minimum absolute atomic E-state index is 0. The average molecular weight is 550 g/mol. The van der Waals surface area contributed by atoms with E-state index in [1.54, 1.807) is 0 Å². The van der Waals surface area contributed by atoms with Gasteiger partial charge in [-0.15, -0.1) is 0 Å². The predicted molar refractivity (Wildman–Crippen MR) is 109 cm³/mol. The molecule has 17 heteroatoms. The van der Waals surface area contributed by atoms with Gasteiger partial charge in [0.15, 0.2) is 6.29 Å². The zero-order valence-electron chi connectivity index (χ0n) is 19.3. The molecule has 200 valence electrons. The van der Waals surface area contributed by atoms with Gasteiger partial charge >= 0.3 is 29.6 Å². The fraction of sp³-hybridized carbons (Fsp3) is 0.684. The van der Waals surface area contributed by atoms with Crippen molar-refractivity contribution >= 4 is 10.4 Å². The van der Waals surface area contributed by atoms with Crippen LogP contribution in [-0.2, 0) is 28.8 Å². The monoisotopic (exact) mass is 550 g/mol. The second kappa shape index (κ2) is 13.4. The quantitative estimate of drug-likeness (QED) is 0.0952. The van der Waals surface area contributed by atoms with Crippen molar-refractivity contribution in [2.24, 2.45) is 0 Å². The molecule has 2 aliphatic heterocycles. The Morgan fingerprint density at radius 1 is 0.861 bits per heavy atom. The number of aliphatic hydroxyl groups is 6. The number of hydrogen-bond acceptors (Lipinski definition) is 15. The number of rotatable bonds is 9. The van der Waals surface area contributed by atoms with E-state index in [1.165, 1.54) is 31.4 Å². The van der Waals surface area contributed by atoms with E-state index in [4.69, 9.17) is 23.7 Å². The van der Waals surface area contributed by atoms with E-state index in [9.17, 15) is 43.6 Å². The Bertz CT molecular complexity index is 916. The van der Waals surface area contributed by atoms with E-state index in [1.807, 2.05) is 0 Å². The first-order valence-electron chi connectivity index (χ1n) is 10.3. The largest absolute Gasteiger partial charge is 1.00 e. The van der Waals surface area contributed by atoms with Gasteiger partial charge in [-0.05, 0) is 24.3 Å². The number of ether oxygens (including phenoxy) is 5. The van der Waals surface area contributed by atoms with Crippen LogP contribution >= 0.6 is 0 Å². The van der Waals surface area contributed by atoms with Crippen LogP contribution in [-0.4, -0.2) is 125 Å². The molecule has 0 radical (unpaired) electrons. The van der Waals surface area contributed by atoms with Crippen molar-refractivity contribution in [2.75, 3.05) is 20.3 Å². The maximum absolute atomic E-state index is 10.9. The van der Waals surface area contributed by atoms with E-state index in [2.05, 4.69) is 4.18 Å². The first-order valence-corrected chi connectivity index (χ1v) is 11.7. The van der Waals surface area contributed by atoms with Gasteiger partial charge in [-0.25, -0.2) is 8.42 Å². The zero-order chi connectivity index (χ0) is 25.9. The number of methoxy groups -OCH3 is 1.